The molecule has 1 unspecified atom stereocenters. The molecule has 0 aromatic rings. The highest BCUT2D eigenvalue weighted by Gasteiger charge is 2.41. The summed E-state index contributed by atoms with van der Waals surface area (Å²) in [5, 5.41) is 8.79. The number of rotatable bonds is 11. The molecule has 0 rings (SSSR count). The zero-order chi connectivity index (χ0) is 14.0. The molecule has 0 radical (unpaired) electrons. The van der Waals surface area contributed by atoms with Crippen LogP contribution in [0.4, 0.5) is 0 Å². The molecule has 0 saturated carbocycles. The molecule has 0 aliphatic rings. The van der Waals surface area contributed by atoms with E-state index in [0.717, 1.165) is 0 Å². The van der Waals surface area contributed by atoms with Crippen LogP contribution in [0, 0.1) is 5.92 Å². The van der Waals surface area contributed by atoms with E-state index in [-0.39, 0.29) is 18.9 Å². The van der Waals surface area contributed by atoms with E-state index in [4.69, 9.17) is 29.9 Å². The van der Waals surface area contributed by atoms with Gasteiger partial charge >= 0.3 is 14.8 Å². The lowest BCUT2D eigenvalue weighted by Gasteiger charge is -2.29. The molecule has 0 spiro atoms. The molecule has 0 aliphatic carbocycles. The topological polar surface area (TPSA) is 117 Å². The third-order valence-electron chi connectivity index (χ3n) is 2.63. The summed E-state index contributed by atoms with van der Waals surface area (Å²) in [6.07, 6.45) is 0.686. The Kier molecular flexibility index (Phi) is 9.15. The summed E-state index contributed by atoms with van der Waals surface area (Å²) >= 11 is 0. The highest BCUT2D eigenvalue weighted by atomic mass is 28.4. The first-order chi connectivity index (χ1) is 8.53. The van der Waals surface area contributed by atoms with Crippen molar-refractivity contribution in [3.63, 3.8) is 0 Å². The minimum atomic E-state index is -2.83. The predicted octanol–water partition coefficient (Wildman–Crippen LogP) is -0.367. The van der Waals surface area contributed by atoms with Gasteiger partial charge in [-0.15, -0.1) is 0 Å². The number of carboxylic acid groups (broad SMARTS) is 1. The standard InChI is InChI=1S/C10H24N2O5Si/c1-15-18(16-2,17-5-3-4-11)8-9(7-12)6-10(13)14/h9H,3-8,11-12H2,1-2H3,(H,13,14). The average molecular weight is 280 g/mol. The second kappa shape index (κ2) is 9.42. The smallest absolute Gasteiger partial charge is 0.481 e. The van der Waals surface area contributed by atoms with E-state index in [1.807, 2.05) is 0 Å². The van der Waals surface area contributed by atoms with Crippen LogP contribution in [0.2, 0.25) is 6.04 Å². The molecule has 0 saturated heterocycles. The second-order valence-corrected chi connectivity index (χ2v) is 6.87. The molecule has 7 nitrogen and oxygen atoms in total. The number of aliphatic carboxylic acids is 1. The number of carboxylic acids is 1. The van der Waals surface area contributed by atoms with E-state index in [0.29, 0.717) is 25.6 Å². The summed E-state index contributed by atoms with van der Waals surface area (Å²) in [6.45, 7) is 1.22. The van der Waals surface area contributed by atoms with Crippen LogP contribution in [0.3, 0.4) is 0 Å². The number of carbonyl (C=O) groups is 1. The van der Waals surface area contributed by atoms with Crippen LogP contribution in [-0.4, -0.2) is 53.8 Å². The van der Waals surface area contributed by atoms with Gasteiger partial charge in [0, 0.05) is 33.3 Å². The van der Waals surface area contributed by atoms with E-state index in [9.17, 15) is 4.79 Å². The second-order valence-electron chi connectivity index (χ2n) is 3.99. The molecule has 5 N–H and O–H groups in total. The van der Waals surface area contributed by atoms with E-state index < -0.39 is 14.8 Å². The SMILES string of the molecule is CO[Si](CC(CN)CC(=O)O)(OC)OCCCN. The van der Waals surface area contributed by atoms with Crippen molar-refractivity contribution in [1.29, 1.82) is 0 Å². The van der Waals surface area contributed by atoms with Gasteiger partial charge in [0.2, 0.25) is 0 Å². The molecule has 108 valence electrons. The van der Waals surface area contributed by atoms with Crippen LogP contribution >= 0.6 is 0 Å². The van der Waals surface area contributed by atoms with Crippen molar-refractivity contribution < 1.29 is 23.2 Å². The molecule has 18 heavy (non-hydrogen) atoms. The third kappa shape index (κ3) is 6.43. The molecule has 0 aliphatic heterocycles. The van der Waals surface area contributed by atoms with Gasteiger partial charge in [0.25, 0.3) is 0 Å². The Balaban J connectivity index is 4.49. The van der Waals surface area contributed by atoms with Gasteiger partial charge in [-0.05, 0) is 25.4 Å². The van der Waals surface area contributed by atoms with Crippen LogP contribution in [0.5, 0.6) is 0 Å². The normalized spacial score (nSPS) is 13.6. The zero-order valence-corrected chi connectivity index (χ0v) is 12.1. The molecular weight excluding hydrogens is 256 g/mol. The molecule has 0 aromatic heterocycles. The van der Waals surface area contributed by atoms with Gasteiger partial charge in [0.05, 0.1) is 0 Å². The largest absolute Gasteiger partial charge is 0.500 e. The van der Waals surface area contributed by atoms with Gasteiger partial charge in [-0.1, -0.05) is 0 Å². The summed E-state index contributed by atoms with van der Waals surface area (Å²) in [5.74, 6) is -1.10. The average Bonchev–Trinajstić information content (AvgIpc) is 2.36. The summed E-state index contributed by atoms with van der Waals surface area (Å²) in [6, 6.07) is 0.396. The molecular formula is C10H24N2O5Si. The van der Waals surface area contributed by atoms with Gasteiger partial charge in [-0.2, -0.15) is 0 Å². The third-order valence-corrected chi connectivity index (χ3v) is 5.59. The van der Waals surface area contributed by atoms with Gasteiger partial charge in [-0.25, -0.2) is 0 Å². The maximum absolute atomic E-state index is 10.7. The molecule has 0 fully saturated rings. The fraction of sp³-hybridized carbons (Fsp3) is 0.900. The maximum atomic E-state index is 10.7. The Morgan fingerprint density at radius 2 is 1.94 bits per heavy atom. The Hall–Kier alpha value is -0.513. The predicted molar refractivity (Wildman–Crippen MR) is 69.0 cm³/mol. The Morgan fingerprint density at radius 3 is 2.33 bits per heavy atom. The quantitative estimate of drug-likeness (QED) is 0.349. The van der Waals surface area contributed by atoms with Gasteiger partial charge in [-0.3, -0.25) is 4.79 Å². The first-order valence-electron chi connectivity index (χ1n) is 5.89. The molecule has 0 aromatic carbocycles. The van der Waals surface area contributed by atoms with Crippen molar-refractivity contribution in [3.05, 3.63) is 0 Å². The van der Waals surface area contributed by atoms with Gasteiger partial charge < -0.3 is 29.9 Å². The monoisotopic (exact) mass is 280 g/mol. The Morgan fingerprint density at radius 1 is 1.33 bits per heavy atom. The lowest BCUT2D eigenvalue weighted by Crippen LogP contribution is -2.47. The highest BCUT2D eigenvalue weighted by molar-refractivity contribution is 6.60. The minimum Gasteiger partial charge on any atom is -0.481 e. The number of hydrogen-bond acceptors (Lipinski definition) is 6. The lowest BCUT2D eigenvalue weighted by molar-refractivity contribution is -0.137. The first-order valence-corrected chi connectivity index (χ1v) is 7.83. The number of hydrogen-bond donors (Lipinski definition) is 3. The van der Waals surface area contributed by atoms with Crippen molar-refractivity contribution in [3.8, 4) is 0 Å². The van der Waals surface area contributed by atoms with Crippen molar-refractivity contribution in [2.45, 2.75) is 18.9 Å². The van der Waals surface area contributed by atoms with E-state index in [2.05, 4.69) is 0 Å². The molecule has 1 atom stereocenters. The van der Waals surface area contributed by atoms with Crippen LogP contribution in [0.1, 0.15) is 12.8 Å². The molecule has 0 amide bonds. The molecule has 0 heterocycles. The fourth-order valence-corrected chi connectivity index (χ4v) is 3.90. The van der Waals surface area contributed by atoms with Crippen molar-refractivity contribution >= 4 is 14.8 Å². The van der Waals surface area contributed by atoms with E-state index in [1.165, 1.54) is 14.2 Å². The van der Waals surface area contributed by atoms with Gasteiger partial charge in [0.15, 0.2) is 0 Å². The van der Waals surface area contributed by atoms with Gasteiger partial charge in [0.1, 0.15) is 0 Å². The maximum Gasteiger partial charge on any atom is 0.500 e. The minimum absolute atomic E-state index is 0.0157. The first kappa shape index (κ1) is 17.5. The van der Waals surface area contributed by atoms with Crippen molar-refractivity contribution in [1.82, 2.24) is 0 Å². The van der Waals surface area contributed by atoms with Crippen LogP contribution in [-0.2, 0) is 18.1 Å². The Bertz CT molecular complexity index is 238. The summed E-state index contributed by atoms with van der Waals surface area (Å²) < 4.78 is 16.4. The summed E-state index contributed by atoms with van der Waals surface area (Å²) in [4.78, 5) is 10.7. The van der Waals surface area contributed by atoms with Crippen molar-refractivity contribution in [2.75, 3.05) is 33.9 Å². The lowest BCUT2D eigenvalue weighted by atomic mass is 10.1. The van der Waals surface area contributed by atoms with Crippen molar-refractivity contribution in [2.24, 2.45) is 17.4 Å². The van der Waals surface area contributed by atoms with E-state index in [1.54, 1.807) is 0 Å². The zero-order valence-electron chi connectivity index (χ0n) is 11.1. The summed E-state index contributed by atoms with van der Waals surface area (Å²) in [7, 11) is 0.182. The molecule has 0 bridgehead atoms. The van der Waals surface area contributed by atoms with Crippen LogP contribution < -0.4 is 11.5 Å². The fourth-order valence-electron chi connectivity index (χ4n) is 1.58. The highest BCUT2D eigenvalue weighted by Crippen LogP contribution is 2.22. The Labute approximate surface area is 109 Å². The van der Waals surface area contributed by atoms with Crippen LogP contribution in [0.15, 0.2) is 0 Å². The van der Waals surface area contributed by atoms with Crippen LogP contribution in [0.25, 0.3) is 0 Å². The van der Waals surface area contributed by atoms with E-state index >= 15 is 0 Å². The molecule has 8 heteroatoms. The number of nitrogens with two attached hydrogens (primary N) is 2. The summed E-state index contributed by atoms with van der Waals surface area (Å²) in [5.41, 5.74) is 11.0.